The van der Waals surface area contributed by atoms with E-state index in [1.807, 2.05) is 0 Å². The summed E-state index contributed by atoms with van der Waals surface area (Å²) in [5, 5.41) is 0. The molecule has 82 valence electrons. The summed E-state index contributed by atoms with van der Waals surface area (Å²) >= 11 is 0. The zero-order valence-corrected chi connectivity index (χ0v) is 8.84. The van der Waals surface area contributed by atoms with Gasteiger partial charge < -0.3 is 4.79 Å². The van der Waals surface area contributed by atoms with Gasteiger partial charge in [0.05, 0.1) is 11.4 Å². The molecule has 0 aliphatic rings. The molecule has 0 atom stereocenters. The van der Waals surface area contributed by atoms with Crippen molar-refractivity contribution in [1.82, 2.24) is 4.72 Å². The molecule has 1 aromatic carbocycles. The second kappa shape index (κ2) is 4.50. The number of carbonyl (C=O) groups is 1. The molecule has 6 heteroatoms. The fourth-order valence-electron chi connectivity index (χ4n) is 1.01. The SMILES string of the molecule is Cc1cc(S(=O)(=O)NCC=O)ccc1F. The number of halogens is 1. The van der Waals surface area contributed by atoms with Crippen LogP contribution >= 0.6 is 0 Å². The highest BCUT2D eigenvalue weighted by Crippen LogP contribution is 2.13. The minimum absolute atomic E-state index is 0.0525. The maximum Gasteiger partial charge on any atom is 0.240 e. The first-order chi connectivity index (χ1) is 6.97. The molecule has 15 heavy (non-hydrogen) atoms. The molecule has 1 rings (SSSR count). The van der Waals surface area contributed by atoms with Crippen LogP contribution in [0, 0.1) is 12.7 Å². The first kappa shape index (κ1) is 11.8. The molecule has 0 aliphatic heterocycles. The van der Waals surface area contributed by atoms with Crippen molar-refractivity contribution in [3.05, 3.63) is 29.6 Å². The highest BCUT2D eigenvalue weighted by atomic mass is 32.2. The number of aldehydes is 1. The Morgan fingerprint density at radius 2 is 2.13 bits per heavy atom. The number of nitrogens with one attached hydrogen (secondary N) is 1. The summed E-state index contributed by atoms with van der Waals surface area (Å²) in [5.41, 5.74) is 0.240. The normalized spacial score (nSPS) is 11.3. The van der Waals surface area contributed by atoms with Gasteiger partial charge >= 0.3 is 0 Å². The van der Waals surface area contributed by atoms with E-state index >= 15 is 0 Å². The van der Waals surface area contributed by atoms with Crippen LogP contribution in [0.25, 0.3) is 0 Å². The highest BCUT2D eigenvalue weighted by molar-refractivity contribution is 7.89. The molecule has 0 aromatic heterocycles. The number of aryl methyl sites for hydroxylation is 1. The smallest absolute Gasteiger partial charge is 0.240 e. The molecule has 0 spiro atoms. The molecule has 0 fully saturated rings. The number of sulfonamides is 1. The molecular weight excluding hydrogens is 221 g/mol. The summed E-state index contributed by atoms with van der Waals surface area (Å²) < 4.78 is 37.8. The third kappa shape index (κ3) is 2.84. The molecule has 1 aromatic rings. The molecule has 0 saturated carbocycles. The lowest BCUT2D eigenvalue weighted by molar-refractivity contribution is -0.106. The highest BCUT2D eigenvalue weighted by Gasteiger charge is 2.13. The van der Waals surface area contributed by atoms with Crippen LogP contribution in [-0.4, -0.2) is 21.2 Å². The van der Waals surface area contributed by atoms with Crippen LogP contribution < -0.4 is 4.72 Å². The monoisotopic (exact) mass is 231 g/mol. The van der Waals surface area contributed by atoms with Gasteiger partial charge in [0.25, 0.3) is 0 Å². The first-order valence-electron chi connectivity index (χ1n) is 4.17. The maximum atomic E-state index is 12.9. The summed E-state index contributed by atoms with van der Waals surface area (Å²) in [6.45, 7) is 1.17. The fraction of sp³-hybridized carbons (Fsp3) is 0.222. The summed E-state index contributed by atoms with van der Waals surface area (Å²) in [6.07, 6.45) is 0.438. The fourth-order valence-corrected chi connectivity index (χ4v) is 2.04. The Balaban J connectivity index is 3.05. The summed E-state index contributed by atoms with van der Waals surface area (Å²) in [6, 6.07) is 3.43. The standard InChI is InChI=1S/C9H10FNO3S/c1-7-6-8(2-3-9(7)10)15(13,14)11-4-5-12/h2-3,5-6,11H,4H2,1H3. The largest absolute Gasteiger partial charge is 0.302 e. The quantitative estimate of drug-likeness (QED) is 0.772. The molecule has 0 amide bonds. The Hall–Kier alpha value is -1.27. The van der Waals surface area contributed by atoms with E-state index in [2.05, 4.69) is 4.72 Å². The van der Waals surface area contributed by atoms with Crippen LogP contribution in [0.4, 0.5) is 4.39 Å². The predicted molar refractivity (Wildman–Crippen MR) is 52.4 cm³/mol. The van der Waals surface area contributed by atoms with Crippen molar-refractivity contribution in [2.45, 2.75) is 11.8 Å². The van der Waals surface area contributed by atoms with Gasteiger partial charge in [0, 0.05) is 0 Å². The van der Waals surface area contributed by atoms with Gasteiger partial charge in [0.1, 0.15) is 12.1 Å². The Bertz CT molecular complexity index is 470. The van der Waals surface area contributed by atoms with E-state index in [9.17, 15) is 17.6 Å². The Kier molecular flexibility index (Phi) is 3.54. The Morgan fingerprint density at radius 1 is 1.47 bits per heavy atom. The van der Waals surface area contributed by atoms with E-state index in [0.29, 0.717) is 6.29 Å². The number of hydrogen-bond acceptors (Lipinski definition) is 3. The lowest BCUT2D eigenvalue weighted by Crippen LogP contribution is -2.25. The van der Waals surface area contributed by atoms with Gasteiger partial charge in [-0.25, -0.2) is 17.5 Å². The minimum Gasteiger partial charge on any atom is -0.302 e. The van der Waals surface area contributed by atoms with Gasteiger partial charge in [0.15, 0.2) is 0 Å². The van der Waals surface area contributed by atoms with E-state index in [1.54, 1.807) is 0 Å². The van der Waals surface area contributed by atoms with Gasteiger partial charge in [-0.3, -0.25) is 0 Å². The Morgan fingerprint density at radius 3 is 2.67 bits per heavy atom. The molecule has 0 radical (unpaired) electrons. The van der Waals surface area contributed by atoms with Crippen LogP contribution in [0.15, 0.2) is 23.1 Å². The van der Waals surface area contributed by atoms with Gasteiger partial charge in [-0.2, -0.15) is 0 Å². The van der Waals surface area contributed by atoms with E-state index in [0.717, 1.165) is 12.1 Å². The summed E-state index contributed by atoms with van der Waals surface area (Å²) in [7, 11) is -3.71. The van der Waals surface area contributed by atoms with Gasteiger partial charge in [-0.15, -0.1) is 0 Å². The Labute approximate surface area is 87.2 Å². The molecule has 0 unspecified atom stereocenters. The van der Waals surface area contributed by atoms with Crippen molar-refractivity contribution in [3.8, 4) is 0 Å². The lowest BCUT2D eigenvalue weighted by Gasteiger charge is -2.05. The van der Waals surface area contributed by atoms with Crippen molar-refractivity contribution < 1.29 is 17.6 Å². The van der Waals surface area contributed by atoms with Crippen molar-refractivity contribution in [3.63, 3.8) is 0 Å². The van der Waals surface area contributed by atoms with E-state index < -0.39 is 15.8 Å². The van der Waals surface area contributed by atoms with E-state index in [-0.39, 0.29) is 17.0 Å². The van der Waals surface area contributed by atoms with E-state index in [1.165, 1.54) is 13.0 Å². The molecule has 0 aliphatic carbocycles. The van der Waals surface area contributed by atoms with Crippen molar-refractivity contribution in [2.24, 2.45) is 0 Å². The zero-order valence-electron chi connectivity index (χ0n) is 8.03. The molecular formula is C9H10FNO3S. The number of carbonyl (C=O) groups excluding carboxylic acids is 1. The van der Waals surface area contributed by atoms with Gasteiger partial charge in [-0.1, -0.05) is 0 Å². The minimum atomic E-state index is -3.71. The second-order valence-electron chi connectivity index (χ2n) is 2.93. The topological polar surface area (TPSA) is 63.2 Å². The zero-order chi connectivity index (χ0) is 11.5. The number of rotatable bonds is 4. The molecule has 1 N–H and O–H groups in total. The van der Waals surface area contributed by atoms with Crippen LogP contribution in [-0.2, 0) is 14.8 Å². The third-order valence-corrected chi connectivity index (χ3v) is 3.22. The van der Waals surface area contributed by atoms with Crippen molar-refractivity contribution in [1.29, 1.82) is 0 Å². The molecule has 0 saturated heterocycles. The third-order valence-electron chi connectivity index (χ3n) is 1.80. The average molecular weight is 231 g/mol. The summed E-state index contributed by atoms with van der Waals surface area (Å²) in [5.74, 6) is -0.468. The second-order valence-corrected chi connectivity index (χ2v) is 4.70. The molecule has 0 heterocycles. The van der Waals surface area contributed by atoms with Crippen LogP contribution in [0.3, 0.4) is 0 Å². The lowest BCUT2D eigenvalue weighted by atomic mass is 10.2. The molecule has 0 bridgehead atoms. The van der Waals surface area contributed by atoms with Crippen LogP contribution in [0.1, 0.15) is 5.56 Å². The summed E-state index contributed by atoms with van der Waals surface area (Å²) in [4.78, 5) is 9.96. The van der Waals surface area contributed by atoms with Crippen LogP contribution in [0.2, 0.25) is 0 Å². The molecule has 4 nitrogen and oxygen atoms in total. The van der Waals surface area contributed by atoms with Crippen LogP contribution in [0.5, 0.6) is 0 Å². The van der Waals surface area contributed by atoms with Crippen molar-refractivity contribution >= 4 is 16.3 Å². The predicted octanol–water partition coefficient (Wildman–Crippen LogP) is 0.611. The van der Waals surface area contributed by atoms with E-state index in [4.69, 9.17) is 0 Å². The maximum absolute atomic E-state index is 12.9. The number of benzene rings is 1. The average Bonchev–Trinajstić information content (AvgIpc) is 2.19. The van der Waals surface area contributed by atoms with Gasteiger partial charge in [0.2, 0.25) is 10.0 Å². The first-order valence-corrected chi connectivity index (χ1v) is 5.65. The van der Waals surface area contributed by atoms with Gasteiger partial charge in [-0.05, 0) is 30.7 Å². The number of hydrogen-bond donors (Lipinski definition) is 1. The van der Waals surface area contributed by atoms with Crippen molar-refractivity contribution in [2.75, 3.05) is 6.54 Å².